The summed E-state index contributed by atoms with van der Waals surface area (Å²) < 4.78 is 0. The van der Waals surface area contributed by atoms with Gasteiger partial charge in [-0.1, -0.05) is 6.92 Å². The zero-order valence-electron chi connectivity index (χ0n) is 13.8. The van der Waals surface area contributed by atoms with Gasteiger partial charge in [-0.05, 0) is 46.7 Å². The first kappa shape index (κ1) is 17.8. The predicted molar refractivity (Wildman–Crippen MR) is 82.4 cm³/mol. The highest BCUT2D eigenvalue weighted by Gasteiger charge is 2.45. The van der Waals surface area contributed by atoms with Crippen molar-refractivity contribution in [2.24, 2.45) is 0 Å². The van der Waals surface area contributed by atoms with Crippen LogP contribution in [0.4, 0.5) is 4.79 Å². The Morgan fingerprint density at radius 1 is 1.19 bits per heavy atom. The number of piperidine rings is 1. The quantitative estimate of drug-likeness (QED) is 0.811. The number of nitrogens with zero attached hydrogens (tertiary/aromatic N) is 3. The molecule has 2 amide bonds. The van der Waals surface area contributed by atoms with Crippen molar-refractivity contribution in [3.8, 4) is 0 Å². The van der Waals surface area contributed by atoms with E-state index in [9.17, 15) is 14.7 Å². The molecule has 0 aromatic rings. The Kier molecular flexibility index (Phi) is 6.45. The molecule has 1 atom stereocenters. The molecule has 1 unspecified atom stereocenters. The van der Waals surface area contributed by atoms with Gasteiger partial charge in [0.2, 0.25) is 0 Å². The molecule has 6 nitrogen and oxygen atoms in total. The highest BCUT2D eigenvalue weighted by atomic mass is 16.4. The number of likely N-dealkylation sites (tertiary alicyclic amines) is 1. The summed E-state index contributed by atoms with van der Waals surface area (Å²) in [6, 6.07) is -0.136. The van der Waals surface area contributed by atoms with Gasteiger partial charge in [0.15, 0.2) is 0 Å². The SMILES string of the molecule is CCCN(CCN(C)C)C(=O)N1CCCCC1(C)C(=O)O. The zero-order valence-corrected chi connectivity index (χ0v) is 13.8. The highest BCUT2D eigenvalue weighted by molar-refractivity contribution is 5.86. The van der Waals surface area contributed by atoms with Crippen LogP contribution >= 0.6 is 0 Å². The van der Waals surface area contributed by atoms with E-state index in [1.807, 2.05) is 25.9 Å². The lowest BCUT2D eigenvalue weighted by molar-refractivity contribution is -0.150. The average Bonchev–Trinajstić information content (AvgIpc) is 2.43. The molecule has 1 aliphatic rings. The van der Waals surface area contributed by atoms with Gasteiger partial charge in [0, 0.05) is 26.2 Å². The monoisotopic (exact) mass is 299 g/mol. The third-order valence-corrected chi connectivity index (χ3v) is 4.16. The average molecular weight is 299 g/mol. The van der Waals surface area contributed by atoms with Gasteiger partial charge in [-0.3, -0.25) is 0 Å². The van der Waals surface area contributed by atoms with Gasteiger partial charge in [0.25, 0.3) is 0 Å². The number of likely N-dealkylation sites (N-methyl/N-ethyl adjacent to an activating group) is 1. The molecule has 1 fully saturated rings. The van der Waals surface area contributed by atoms with Crippen LogP contribution < -0.4 is 0 Å². The van der Waals surface area contributed by atoms with Gasteiger partial charge in [-0.15, -0.1) is 0 Å². The summed E-state index contributed by atoms with van der Waals surface area (Å²) in [5.41, 5.74) is -1.07. The Hall–Kier alpha value is -1.30. The summed E-state index contributed by atoms with van der Waals surface area (Å²) >= 11 is 0. The summed E-state index contributed by atoms with van der Waals surface area (Å²) in [5, 5.41) is 9.53. The Balaban J connectivity index is 2.86. The first-order valence-corrected chi connectivity index (χ1v) is 7.77. The molecule has 0 saturated carbocycles. The first-order chi connectivity index (χ1) is 9.82. The molecule has 0 aromatic carbocycles. The molecule has 122 valence electrons. The molecule has 1 aliphatic heterocycles. The number of urea groups is 1. The largest absolute Gasteiger partial charge is 0.480 e. The lowest BCUT2D eigenvalue weighted by atomic mass is 9.89. The minimum atomic E-state index is -1.07. The van der Waals surface area contributed by atoms with Gasteiger partial charge in [0.05, 0.1) is 0 Å². The van der Waals surface area contributed by atoms with Crippen LogP contribution in [0, 0.1) is 0 Å². The fraction of sp³-hybridized carbons (Fsp3) is 0.867. The number of hydrogen-bond donors (Lipinski definition) is 1. The molecule has 1 rings (SSSR count). The van der Waals surface area contributed by atoms with Crippen LogP contribution in [-0.4, -0.2) is 77.6 Å². The first-order valence-electron chi connectivity index (χ1n) is 7.77. The number of carbonyl (C=O) groups is 2. The van der Waals surface area contributed by atoms with Crippen molar-refractivity contribution >= 4 is 12.0 Å². The zero-order chi connectivity index (χ0) is 16.0. The minimum Gasteiger partial charge on any atom is -0.480 e. The fourth-order valence-electron chi connectivity index (χ4n) is 2.71. The molecular formula is C15H29N3O3. The van der Waals surface area contributed by atoms with Crippen LogP contribution in [0.1, 0.15) is 39.5 Å². The van der Waals surface area contributed by atoms with Crippen molar-refractivity contribution < 1.29 is 14.7 Å². The minimum absolute atomic E-state index is 0.136. The summed E-state index contributed by atoms with van der Waals surface area (Å²) in [5.74, 6) is -0.903. The molecular weight excluding hydrogens is 270 g/mol. The highest BCUT2D eigenvalue weighted by Crippen LogP contribution is 2.29. The second-order valence-corrected chi connectivity index (χ2v) is 6.26. The van der Waals surface area contributed by atoms with Gasteiger partial charge in [-0.2, -0.15) is 0 Å². The summed E-state index contributed by atoms with van der Waals surface area (Å²) in [6.45, 7) is 6.31. The van der Waals surface area contributed by atoms with Crippen molar-refractivity contribution in [2.45, 2.75) is 45.1 Å². The fourth-order valence-corrected chi connectivity index (χ4v) is 2.71. The molecule has 0 bridgehead atoms. The maximum absolute atomic E-state index is 12.8. The summed E-state index contributed by atoms with van der Waals surface area (Å²) in [6.07, 6.45) is 3.14. The number of carboxylic acids is 1. The van der Waals surface area contributed by atoms with Crippen LogP contribution in [-0.2, 0) is 4.79 Å². The van der Waals surface area contributed by atoms with E-state index in [0.29, 0.717) is 26.1 Å². The normalized spacial score (nSPS) is 22.4. The smallest absolute Gasteiger partial charge is 0.329 e. The van der Waals surface area contributed by atoms with Crippen molar-refractivity contribution in [2.75, 3.05) is 40.3 Å². The van der Waals surface area contributed by atoms with E-state index in [1.54, 1.807) is 16.7 Å². The Labute approximate surface area is 127 Å². The van der Waals surface area contributed by atoms with E-state index in [0.717, 1.165) is 25.8 Å². The van der Waals surface area contributed by atoms with E-state index in [4.69, 9.17) is 0 Å². The summed E-state index contributed by atoms with van der Waals surface area (Å²) in [7, 11) is 3.94. The van der Waals surface area contributed by atoms with Crippen LogP contribution in [0.15, 0.2) is 0 Å². The Bertz CT molecular complexity index is 373. The maximum atomic E-state index is 12.8. The molecule has 0 aliphatic carbocycles. The van der Waals surface area contributed by atoms with Gasteiger partial charge >= 0.3 is 12.0 Å². The third kappa shape index (κ3) is 4.33. The van der Waals surface area contributed by atoms with Crippen molar-refractivity contribution in [1.29, 1.82) is 0 Å². The van der Waals surface area contributed by atoms with Crippen LogP contribution in [0.5, 0.6) is 0 Å². The van der Waals surface area contributed by atoms with Gasteiger partial charge in [-0.25, -0.2) is 9.59 Å². The molecule has 1 N–H and O–H groups in total. The second kappa shape index (κ2) is 7.64. The van der Waals surface area contributed by atoms with Gasteiger partial charge < -0.3 is 19.8 Å². The molecule has 1 saturated heterocycles. The Morgan fingerprint density at radius 2 is 1.86 bits per heavy atom. The van der Waals surface area contributed by atoms with E-state index in [-0.39, 0.29) is 6.03 Å². The molecule has 21 heavy (non-hydrogen) atoms. The van der Waals surface area contributed by atoms with Crippen LogP contribution in [0.25, 0.3) is 0 Å². The molecule has 6 heteroatoms. The van der Waals surface area contributed by atoms with E-state index >= 15 is 0 Å². The van der Waals surface area contributed by atoms with E-state index in [2.05, 4.69) is 0 Å². The van der Waals surface area contributed by atoms with Crippen LogP contribution in [0.2, 0.25) is 0 Å². The molecule has 0 aromatic heterocycles. The van der Waals surface area contributed by atoms with Crippen molar-refractivity contribution in [1.82, 2.24) is 14.7 Å². The van der Waals surface area contributed by atoms with Crippen LogP contribution in [0.3, 0.4) is 0 Å². The van der Waals surface area contributed by atoms with E-state index in [1.165, 1.54) is 0 Å². The van der Waals surface area contributed by atoms with E-state index < -0.39 is 11.5 Å². The van der Waals surface area contributed by atoms with Crippen molar-refractivity contribution in [3.63, 3.8) is 0 Å². The predicted octanol–water partition coefficient (Wildman–Crippen LogP) is 1.71. The number of carbonyl (C=O) groups excluding carboxylic acids is 1. The number of amides is 2. The maximum Gasteiger partial charge on any atom is 0.329 e. The summed E-state index contributed by atoms with van der Waals surface area (Å²) in [4.78, 5) is 29.8. The topological polar surface area (TPSA) is 64.1 Å². The van der Waals surface area contributed by atoms with Crippen molar-refractivity contribution in [3.05, 3.63) is 0 Å². The number of carboxylic acid groups (broad SMARTS) is 1. The number of hydrogen-bond acceptors (Lipinski definition) is 3. The lowest BCUT2D eigenvalue weighted by Gasteiger charge is -2.44. The third-order valence-electron chi connectivity index (χ3n) is 4.16. The number of rotatable bonds is 6. The van der Waals surface area contributed by atoms with Gasteiger partial charge in [0.1, 0.15) is 5.54 Å². The molecule has 1 heterocycles. The standard InChI is InChI=1S/C15H29N3O3/c1-5-9-17(12-11-16(3)4)14(21)18-10-7-6-8-15(18,2)13(19)20/h5-12H2,1-4H3,(H,19,20). The molecule has 0 spiro atoms. The lowest BCUT2D eigenvalue weighted by Crippen LogP contribution is -2.61. The Morgan fingerprint density at radius 3 is 2.38 bits per heavy atom. The second-order valence-electron chi connectivity index (χ2n) is 6.26. The number of aliphatic carboxylic acids is 1. The molecule has 0 radical (unpaired) electrons.